The van der Waals surface area contributed by atoms with Gasteiger partial charge in [0.1, 0.15) is 0 Å². The summed E-state index contributed by atoms with van der Waals surface area (Å²) in [7, 11) is 4.66. The Morgan fingerprint density at radius 1 is 1.04 bits per heavy atom. The maximum absolute atomic E-state index is 12.4. The van der Waals surface area contributed by atoms with E-state index in [-0.39, 0.29) is 5.91 Å². The highest BCUT2D eigenvalue weighted by Crippen LogP contribution is 2.40. The van der Waals surface area contributed by atoms with Gasteiger partial charge < -0.3 is 19.5 Å². The van der Waals surface area contributed by atoms with Gasteiger partial charge in [-0.15, -0.1) is 0 Å². The van der Waals surface area contributed by atoms with Crippen LogP contribution in [0.3, 0.4) is 0 Å². The van der Waals surface area contributed by atoms with Crippen molar-refractivity contribution in [2.45, 2.75) is 20.3 Å². The van der Waals surface area contributed by atoms with E-state index >= 15 is 0 Å². The standard InChI is InChI=1S/C21H25NO4/c1-6-15-9-7-8-14(2)19(15)22-18(23)13-11-16-10-12-17(24-3)21(26-5)20(16)25-4/h7-13H,6H2,1-5H3,(H,22,23)/b13-11+. The van der Waals surface area contributed by atoms with Crippen LogP contribution in [0, 0.1) is 6.92 Å². The van der Waals surface area contributed by atoms with Crippen molar-refractivity contribution in [3.05, 3.63) is 53.1 Å². The van der Waals surface area contributed by atoms with Crippen molar-refractivity contribution in [3.8, 4) is 17.2 Å². The molecule has 0 unspecified atom stereocenters. The summed E-state index contributed by atoms with van der Waals surface area (Å²) >= 11 is 0. The summed E-state index contributed by atoms with van der Waals surface area (Å²) in [6.45, 7) is 4.05. The van der Waals surface area contributed by atoms with E-state index in [2.05, 4.69) is 12.2 Å². The van der Waals surface area contributed by atoms with Crippen molar-refractivity contribution >= 4 is 17.7 Å². The van der Waals surface area contributed by atoms with Crippen molar-refractivity contribution in [3.63, 3.8) is 0 Å². The zero-order chi connectivity index (χ0) is 19.1. The van der Waals surface area contributed by atoms with Gasteiger partial charge in [0.2, 0.25) is 11.7 Å². The van der Waals surface area contributed by atoms with Crippen LogP contribution in [0.1, 0.15) is 23.6 Å². The van der Waals surface area contributed by atoms with E-state index in [1.165, 1.54) is 6.08 Å². The molecule has 2 aromatic carbocycles. The Bertz CT molecular complexity index is 812. The fourth-order valence-corrected chi connectivity index (χ4v) is 2.79. The van der Waals surface area contributed by atoms with Gasteiger partial charge in [0, 0.05) is 17.3 Å². The Hall–Kier alpha value is -2.95. The predicted molar refractivity (Wildman–Crippen MR) is 104 cm³/mol. The molecule has 0 aliphatic rings. The summed E-state index contributed by atoms with van der Waals surface area (Å²) in [5.74, 6) is 1.37. The Labute approximate surface area is 154 Å². The van der Waals surface area contributed by atoms with Gasteiger partial charge in [0.25, 0.3) is 0 Å². The molecule has 0 bridgehead atoms. The minimum atomic E-state index is -0.203. The minimum Gasteiger partial charge on any atom is -0.493 e. The number of methoxy groups -OCH3 is 3. The van der Waals surface area contributed by atoms with Crippen LogP contribution in [0.25, 0.3) is 6.08 Å². The number of aryl methyl sites for hydroxylation is 2. The number of benzene rings is 2. The highest BCUT2D eigenvalue weighted by Gasteiger charge is 2.14. The lowest BCUT2D eigenvalue weighted by molar-refractivity contribution is -0.111. The molecular formula is C21H25NO4. The number of hydrogen-bond donors (Lipinski definition) is 1. The second kappa shape index (κ2) is 8.94. The topological polar surface area (TPSA) is 56.8 Å². The van der Waals surface area contributed by atoms with Crippen molar-refractivity contribution in [2.75, 3.05) is 26.6 Å². The first kappa shape index (κ1) is 19.4. The maximum Gasteiger partial charge on any atom is 0.248 e. The molecule has 0 atom stereocenters. The summed E-state index contributed by atoms with van der Waals surface area (Å²) in [6.07, 6.45) is 4.03. The quantitative estimate of drug-likeness (QED) is 0.755. The third-order valence-electron chi connectivity index (χ3n) is 4.14. The Balaban J connectivity index is 2.26. The fourth-order valence-electron chi connectivity index (χ4n) is 2.79. The van der Waals surface area contributed by atoms with Crippen LogP contribution in [0.4, 0.5) is 5.69 Å². The number of anilines is 1. The second-order valence-corrected chi connectivity index (χ2v) is 5.71. The smallest absolute Gasteiger partial charge is 0.248 e. The molecule has 138 valence electrons. The zero-order valence-corrected chi connectivity index (χ0v) is 15.9. The minimum absolute atomic E-state index is 0.203. The van der Waals surface area contributed by atoms with E-state index in [9.17, 15) is 4.79 Å². The molecule has 0 spiro atoms. The van der Waals surface area contributed by atoms with Crippen molar-refractivity contribution in [2.24, 2.45) is 0 Å². The third-order valence-corrected chi connectivity index (χ3v) is 4.14. The number of nitrogens with one attached hydrogen (secondary N) is 1. The first-order chi connectivity index (χ1) is 12.5. The van der Waals surface area contributed by atoms with E-state index in [4.69, 9.17) is 14.2 Å². The molecule has 1 N–H and O–H groups in total. The van der Waals surface area contributed by atoms with Crippen LogP contribution in [0.15, 0.2) is 36.4 Å². The van der Waals surface area contributed by atoms with E-state index in [0.717, 1.165) is 28.8 Å². The van der Waals surface area contributed by atoms with E-state index < -0.39 is 0 Å². The van der Waals surface area contributed by atoms with Crippen LogP contribution in [0.5, 0.6) is 17.2 Å². The largest absolute Gasteiger partial charge is 0.493 e. The zero-order valence-electron chi connectivity index (χ0n) is 15.9. The van der Waals surface area contributed by atoms with Gasteiger partial charge in [-0.1, -0.05) is 25.1 Å². The third kappa shape index (κ3) is 4.17. The average Bonchev–Trinajstić information content (AvgIpc) is 2.66. The molecule has 0 aliphatic heterocycles. The molecule has 0 fully saturated rings. The number of amides is 1. The fraction of sp³-hybridized carbons (Fsp3) is 0.286. The van der Waals surface area contributed by atoms with Gasteiger partial charge in [0.15, 0.2) is 11.5 Å². The molecular weight excluding hydrogens is 330 g/mol. The molecule has 5 heteroatoms. The SMILES string of the molecule is CCc1cccc(C)c1NC(=O)/C=C/c1ccc(OC)c(OC)c1OC. The lowest BCUT2D eigenvalue weighted by atomic mass is 10.1. The number of carbonyl (C=O) groups is 1. The summed E-state index contributed by atoms with van der Waals surface area (Å²) in [5.41, 5.74) is 3.73. The summed E-state index contributed by atoms with van der Waals surface area (Å²) in [6, 6.07) is 9.58. The van der Waals surface area contributed by atoms with Crippen LogP contribution >= 0.6 is 0 Å². The molecule has 2 rings (SSSR count). The molecule has 1 amide bonds. The Morgan fingerprint density at radius 3 is 2.38 bits per heavy atom. The molecule has 0 saturated carbocycles. The van der Waals surface area contributed by atoms with Gasteiger partial charge in [-0.25, -0.2) is 0 Å². The Kier molecular flexibility index (Phi) is 6.67. The number of hydrogen-bond acceptors (Lipinski definition) is 4. The molecule has 5 nitrogen and oxygen atoms in total. The first-order valence-electron chi connectivity index (χ1n) is 8.42. The van der Waals surface area contributed by atoms with Gasteiger partial charge in [-0.2, -0.15) is 0 Å². The molecule has 0 saturated heterocycles. The molecule has 0 radical (unpaired) electrons. The molecule has 0 heterocycles. The number of para-hydroxylation sites is 1. The van der Waals surface area contributed by atoms with Crippen LogP contribution in [-0.4, -0.2) is 27.2 Å². The van der Waals surface area contributed by atoms with E-state index in [1.54, 1.807) is 33.5 Å². The molecule has 2 aromatic rings. The number of ether oxygens (including phenoxy) is 3. The van der Waals surface area contributed by atoms with Crippen LogP contribution in [-0.2, 0) is 11.2 Å². The normalized spacial score (nSPS) is 10.7. The van der Waals surface area contributed by atoms with Gasteiger partial charge in [-0.05, 0) is 42.7 Å². The van der Waals surface area contributed by atoms with Gasteiger partial charge >= 0.3 is 0 Å². The number of carbonyl (C=O) groups excluding carboxylic acids is 1. The van der Waals surface area contributed by atoms with Crippen LogP contribution in [0.2, 0.25) is 0 Å². The highest BCUT2D eigenvalue weighted by molar-refractivity contribution is 6.03. The lowest BCUT2D eigenvalue weighted by Crippen LogP contribution is -2.11. The van der Waals surface area contributed by atoms with E-state index in [1.807, 2.05) is 31.2 Å². The molecule has 0 aliphatic carbocycles. The molecule has 26 heavy (non-hydrogen) atoms. The Morgan fingerprint density at radius 2 is 1.77 bits per heavy atom. The van der Waals surface area contributed by atoms with Gasteiger partial charge in [-0.3, -0.25) is 4.79 Å². The number of rotatable bonds is 7. The highest BCUT2D eigenvalue weighted by atomic mass is 16.5. The summed E-state index contributed by atoms with van der Waals surface area (Å²) in [4.78, 5) is 12.4. The average molecular weight is 355 g/mol. The van der Waals surface area contributed by atoms with E-state index in [0.29, 0.717) is 17.2 Å². The summed E-state index contributed by atoms with van der Waals surface area (Å²) in [5, 5.41) is 2.97. The van der Waals surface area contributed by atoms with Gasteiger partial charge in [0.05, 0.1) is 21.3 Å². The molecule has 0 aromatic heterocycles. The maximum atomic E-state index is 12.4. The monoisotopic (exact) mass is 355 g/mol. The predicted octanol–water partition coefficient (Wildman–Crippen LogP) is 4.24. The summed E-state index contributed by atoms with van der Waals surface area (Å²) < 4.78 is 16.1. The van der Waals surface area contributed by atoms with Crippen molar-refractivity contribution in [1.82, 2.24) is 0 Å². The van der Waals surface area contributed by atoms with Crippen molar-refractivity contribution < 1.29 is 19.0 Å². The second-order valence-electron chi connectivity index (χ2n) is 5.71. The van der Waals surface area contributed by atoms with Crippen molar-refractivity contribution in [1.29, 1.82) is 0 Å². The first-order valence-corrected chi connectivity index (χ1v) is 8.42. The van der Waals surface area contributed by atoms with Crippen LogP contribution < -0.4 is 19.5 Å². The lowest BCUT2D eigenvalue weighted by Gasteiger charge is -2.14.